The molecule has 0 bridgehead atoms. The molecule has 0 radical (unpaired) electrons. The van der Waals surface area contributed by atoms with Crippen LogP contribution < -0.4 is 5.32 Å². The lowest BCUT2D eigenvalue weighted by Gasteiger charge is -2.37. The first-order valence-corrected chi connectivity index (χ1v) is 9.08. The summed E-state index contributed by atoms with van der Waals surface area (Å²) in [5.74, 6) is 1.06. The molecule has 6 heteroatoms. The van der Waals surface area contributed by atoms with Gasteiger partial charge in [-0.1, -0.05) is 0 Å². The monoisotopic (exact) mass is 323 g/mol. The molecular formula is C17H33N5O. The number of likely N-dealkylation sites (N-methyl/N-ethyl adjacent to an activating group) is 1. The molecule has 2 atom stereocenters. The summed E-state index contributed by atoms with van der Waals surface area (Å²) in [5.41, 5.74) is 0.390. The van der Waals surface area contributed by atoms with E-state index in [4.69, 9.17) is 4.74 Å². The molecule has 0 aromatic carbocycles. The quantitative estimate of drug-likeness (QED) is 0.598. The summed E-state index contributed by atoms with van der Waals surface area (Å²) in [6.07, 6.45) is 2.44. The molecule has 0 saturated carbocycles. The molecule has 3 heterocycles. The third kappa shape index (κ3) is 3.98. The maximum Gasteiger partial charge on any atom is 0.193 e. The second kappa shape index (κ2) is 7.36. The first kappa shape index (κ1) is 17.0. The van der Waals surface area contributed by atoms with Crippen molar-refractivity contribution >= 4 is 5.96 Å². The van der Waals surface area contributed by atoms with E-state index in [0.29, 0.717) is 11.5 Å². The zero-order valence-electron chi connectivity index (χ0n) is 15.1. The van der Waals surface area contributed by atoms with E-state index in [1.807, 2.05) is 7.05 Å². The summed E-state index contributed by atoms with van der Waals surface area (Å²) in [4.78, 5) is 11.9. The van der Waals surface area contributed by atoms with E-state index in [9.17, 15) is 0 Å². The second-order valence-electron chi connectivity index (χ2n) is 7.59. The molecule has 3 rings (SSSR count). The van der Waals surface area contributed by atoms with Gasteiger partial charge in [0.25, 0.3) is 0 Å². The minimum atomic E-state index is 0.390. The van der Waals surface area contributed by atoms with Crippen LogP contribution in [0.4, 0.5) is 0 Å². The van der Waals surface area contributed by atoms with Crippen LogP contribution in [-0.4, -0.2) is 99.8 Å². The fourth-order valence-electron chi connectivity index (χ4n) is 4.05. The van der Waals surface area contributed by atoms with Crippen LogP contribution in [0.2, 0.25) is 0 Å². The summed E-state index contributed by atoms with van der Waals surface area (Å²) in [5, 5.41) is 3.61. The van der Waals surface area contributed by atoms with Gasteiger partial charge >= 0.3 is 0 Å². The van der Waals surface area contributed by atoms with Gasteiger partial charge in [0.15, 0.2) is 5.96 Å². The van der Waals surface area contributed by atoms with E-state index >= 15 is 0 Å². The van der Waals surface area contributed by atoms with Crippen LogP contribution >= 0.6 is 0 Å². The lowest BCUT2D eigenvalue weighted by atomic mass is 9.87. The largest absolute Gasteiger partial charge is 0.381 e. The number of hydrogen-bond donors (Lipinski definition) is 1. The van der Waals surface area contributed by atoms with Gasteiger partial charge in [0.05, 0.1) is 6.61 Å². The molecule has 132 valence electrons. The topological polar surface area (TPSA) is 43.3 Å². The Bertz CT molecular complexity index is 413. The zero-order valence-corrected chi connectivity index (χ0v) is 15.1. The van der Waals surface area contributed by atoms with E-state index < -0.39 is 0 Å². The maximum atomic E-state index is 5.63. The molecule has 3 fully saturated rings. The number of nitrogens with zero attached hydrogens (tertiary/aromatic N) is 4. The molecule has 6 nitrogen and oxygen atoms in total. The number of ether oxygens (including phenoxy) is 1. The molecule has 0 aromatic heterocycles. The molecule has 0 aliphatic carbocycles. The smallest absolute Gasteiger partial charge is 0.193 e. The zero-order chi connectivity index (χ0) is 16.3. The Morgan fingerprint density at radius 1 is 1.22 bits per heavy atom. The van der Waals surface area contributed by atoms with E-state index in [2.05, 4.69) is 39.0 Å². The van der Waals surface area contributed by atoms with E-state index in [0.717, 1.165) is 38.8 Å². The minimum absolute atomic E-state index is 0.390. The molecule has 3 aliphatic heterocycles. The highest BCUT2D eigenvalue weighted by molar-refractivity contribution is 5.80. The van der Waals surface area contributed by atoms with Crippen LogP contribution in [-0.2, 0) is 4.74 Å². The Hall–Kier alpha value is -0.850. The van der Waals surface area contributed by atoms with Crippen LogP contribution in [0.15, 0.2) is 4.99 Å². The van der Waals surface area contributed by atoms with Crippen molar-refractivity contribution in [1.82, 2.24) is 20.0 Å². The van der Waals surface area contributed by atoms with Crippen LogP contribution in [0.25, 0.3) is 0 Å². The van der Waals surface area contributed by atoms with Gasteiger partial charge in [-0.3, -0.25) is 9.89 Å². The van der Waals surface area contributed by atoms with Crippen molar-refractivity contribution in [3.8, 4) is 0 Å². The van der Waals surface area contributed by atoms with Crippen molar-refractivity contribution in [3.63, 3.8) is 0 Å². The molecule has 23 heavy (non-hydrogen) atoms. The summed E-state index contributed by atoms with van der Waals surface area (Å²) in [6.45, 7) is 12.0. The van der Waals surface area contributed by atoms with Crippen LogP contribution in [0.1, 0.15) is 19.8 Å². The average Bonchev–Trinajstić information content (AvgIpc) is 3.19. The van der Waals surface area contributed by atoms with E-state index in [1.165, 1.54) is 39.0 Å². The van der Waals surface area contributed by atoms with Gasteiger partial charge in [-0.15, -0.1) is 0 Å². The van der Waals surface area contributed by atoms with Gasteiger partial charge in [0.1, 0.15) is 0 Å². The lowest BCUT2D eigenvalue weighted by Crippen LogP contribution is -2.52. The van der Waals surface area contributed by atoms with Gasteiger partial charge in [-0.25, -0.2) is 0 Å². The normalized spacial score (nSPS) is 32.0. The standard InChI is InChI=1S/C17H33N5O/c1-15(21-9-7-20(3)8-10-21)12-19-16(18-2)22-6-4-17(13-22)5-11-23-14-17/h15H,4-14H2,1-3H3,(H,18,19). The first-order valence-electron chi connectivity index (χ1n) is 9.08. The highest BCUT2D eigenvalue weighted by Gasteiger charge is 2.42. The predicted octanol–water partition coefficient (Wildman–Crippen LogP) is 0.310. The van der Waals surface area contributed by atoms with Gasteiger partial charge in [0, 0.05) is 70.9 Å². The molecular weight excluding hydrogens is 290 g/mol. The fourth-order valence-corrected chi connectivity index (χ4v) is 4.05. The summed E-state index contributed by atoms with van der Waals surface area (Å²) >= 11 is 0. The highest BCUT2D eigenvalue weighted by atomic mass is 16.5. The molecule has 3 aliphatic rings. The number of likely N-dealkylation sites (tertiary alicyclic amines) is 1. The SMILES string of the molecule is CN=C(NCC(C)N1CCN(C)CC1)N1CCC2(CCOC2)C1. The summed E-state index contributed by atoms with van der Waals surface area (Å²) in [7, 11) is 4.11. The van der Waals surface area contributed by atoms with E-state index in [1.54, 1.807) is 0 Å². The highest BCUT2D eigenvalue weighted by Crippen LogP contribution is 2.38. The lowest BCUT2D eigenvalue weighted by molar-refractivity contribution is 0.119. The van der Waals surface area contributed by atoms with Crippen LogP contribution in [0.5, 0.6) is 0 Å². The maximum absolute atomic E-state index is 5.63. The molecule has 0 amide bonds. The second-order valence-corrected chi connectivity index (χ2v) is 7.59. The van der Waals surface area contributed by atoms with Crippen molar-refractivity contribution in [2.75, 3.05) is 73.1 Å². The Kier molecular flexibility index (Phi) is 5.44. The van der Waals surface area contributed by atoms with Gasteiger partial charge in [-0.2, -0.15) is 0 Å². The van der Waals surface area contributed by atoms with Gasteiger partial charge < -0.3 is 19.9 Å². The fraction of sp³-hybridized carbons (Fsp3) is 0.941. The predicted molar refractivity (Wildman–Crippen MR) is 94.0 cm³/mol. The molecule has 1 spiro atoms. The van der Waals surface area contributed by atoms with Crippen molar-refractivity contribution < 1.29 is 4.74 Å². The number of guanidine groups is 1. The molecule has 0 aromatic rings. The Morgan fingerprint density at radius 3 is 2.65 bits per heavy atom. The number of rotatable bonds is 3. The molecule has 1 N–H and O–H groups in total. The Morgan fingerprint density at radius 2 is 2.00 bits per heavy atom. The molecule has 2 unspecified atom stereocenters. The van der Waals surface area contributed by atoms with Crippen LogP contribution in [0, 0.1) is 5.41 Å². The van der Waals surface area contributed by atoms with Crippen molar-refractivity contribution in [3.05, 3.63) is 0 Å². The summed E-state index contributed by atoms with van der Waals surface area (Å²) < 4.78 is 5.63. The van der Waals surface area contributed by atoms with Crippen LogP contribution in [0.3, 0.4) is 0 Å². The minimum Gasteiger partial charge on any atom is -0.381 e. The van der Waals surface area contributed by atoms with Crippen molar-refractivity contribution in [2.45, 2.75) is 25.8 Å². The van der Waals surface area contributed by atoms with Crippen molar-refractivity contribution in [1.29, 1.82) is 0 Å². The Balaban J connectivity index is 1.46. The molecule has 3 saturated heterocycles. The number of nitrogens with one attached hydrogen (secondary N) is 1. The number of aliphatic imine (C=N–C) groups is 1. The van der Waals surface area contributed by atoms with Crippen molar-refractivity contribution in [2.24, 2.45) is 10.4 Å². The first-order chi connectivity index (χ1) is 11.1. The average molecular weight is 323 g/mol. The number of hydrogen-bond acceptors (Lipinski definition) is 4. The van der Waals surface area contributed by atoms with Gasteiger partial charge in [-0.05, 0) is 26.8 Å². The van der Waals surface area contributed by atoms with E-state index in [-0.39, 0.29) is 0 Å². The van der Waals surface area contributed by atoms with Gasteiger partial charge in [0.2, 0.25) is 0 Å². The third-order valence-corrected chi connectivity index (χ3v) is 5.85. The third-order valence-electron chi connectivity index (χ3n) is 5.85. The number of piperazine rings is 1. The summed E-state index contributed by atoms with van der Waals surface area (Å²) in [6, 6.07) is 0.548. The Labute approximate surface area is 140 Å².